The van der Waals surface area contributed by atoms with Crippen molar-refractivity contribution in [3.63, 3.8) is 0 Å². The third kappa shape index (κ3) is 4.81. The van der Waals surface area contributed by atoms with E-state index in [1.807, 2.05) is 42.1 Å². The second kappa shape index (κ2) is 8.87. The molecule has 7 heteroatoms. The summed E-state index contributed by atoms with van der Waals surface area (Å²) in [6, 6.07) is 13.4. The smallest absolute Gasteiger partial charge is 0.272 e. The summed E-state index contributed by atoms with van der Waals surface area (Å²) in [7, 11) is 1.66. The van der Waals surface area contributed by atoms with Crippen LogP contribution >= 0.6 is 0 Å². The van der Waals surface area contributed by atoms with E-state index in [0.717, 1.165) is 22.4 Å². The van der Waals surface area contributed by atoms with Crippen LogP contribution in [0.1, 0.15) is 48.2 Å². The average molecular weight is 394 g/mol. The predicted octanol–water partition coefficient (Wildman–Crippen LogP) is 4.57. The van der Waals surface area contributed by atoms with Gasteiger partial charge in [0.05, 0.1) is 18.6 Å². The standard InChI is InChI=1S/C22H26N4O3/c1-15-6-7-19(13-21(15)26(27)28)17(3)24-16(2)18-8-9-22(29-4)20(12-18)14-25-11-5-10-23-25/h5-13,16-17,24H,14H2,1-4H3/t16-,17+/m1/s1. The zero-order valence-electron chi connectivity index (χ0n) is 17.1. The number of nitro benzene ring substituents is 1. The lowest BCUT2D eigenvalue weighted by atomic mass is 10.0. The fraction of sp³-hybridized carbons (Fsp3) is 0.318. The van der Waals surface area contributed by atoms with Gasteiger partial charge in [-0.1, -0.05) is 18.2 Å². The Morgan fingerprint density at radius 2 is 1.86 bits per heavy atom. The summed E-state index contributed by atoms with van der Waals surface area (Å²) in [6.07, 6.45) is 3.67. The Morgan fingerprint density at radius 1 is 1.17 bits per heavy atom. The van der Waals surface area contributed by atoms with E-state index in [2.05, 4.69) is 23.4 Å². The summed E-state index contributed by atoms with van der Waals surface area (Å²) < 4.78 is 7.36. The molecule has 0 aliphatic carbocycles. The summed E-state index contributed by atoms with van der Waals surface area (Å²) in [5, 5.41) is 19.0. The van der Waals surface area contributed by atoms with Gasteiger partial charge >= 0.3 is 0 Å². The molecule has 0 spiro atoms. The Kier molecular flexibility index (Phi) is 6.29. The van der Waals surface area contributed by atoms with E-state index in [-0.39, 0.29) is 22.7 Å². The summed E-state index contributed by atoms with van der Waals surface area (Å²) in [6.45, 7) is 6.47. The molecular weight excluding hydrogens is 368 g/mol. The number of nitrogens with zero attached hydrogens (tertiary/aromatic N) is 3. The molecule has 2 atom stereocenters. The molecule has 0 saturated carbocycles. The van der Waals surface area contributed by atoms with Gasteiger partial charge in [0, 0.05) is 41.7 Å². The molecular formula is C22H26N4O3. The van der Waals surface area contributed by atoms with E-state index in [1.54, 1.807) is 32.4 Å². The Balaban J connectivity index is 1.78. The number of rotatable bonds is 8. The van der Waals surface area contributed by atoms with Crippen molar-refractivity contribution in [1.82, 2.24) is 15.1 Å². The first-order valence-electron chi connectivity index (χ1n) is 9.54. The van der Waals surface area contributed by atoms with Gasteiger partial charge in [-0.3, -0.25) is 14.8 Å². The van der Waals surface area contributed by atoms with Gasteiger partial charge < -0.3 is 10.1 Å². The van der Waals surface area contributed by atoms with Crippen molar-refractivity contribution in [2.75, 3.05) is 7.11 Å². The maximum atomic E-state index is 11.2. The third-order valence-corrected chi connectivity index (χ3v) is 5.13. The molecule has 0 fully saturated rings. The fourth-order valence-corrected chi connectivity index (χ4v) is 3.42. The van der Waals surface area contributed by atoms with Crippen molar-refractivity contribution in [2.45, 2.75) is 39.4 Å². The van der Waals surface area contributed by atoms with Crippen molar-refractivity contribution in [3.8, 4) is 5.75 Å². The van der Waals surface area contributed by atoms with Crippen molar-refractivity contribution < 1.29 is 9.66 Å². The number of benzene rings is 2. The number of methoxy groups -OCH3 is 1. The largest absolute Gasteiger partial charge is 0.496 e. The average Bonchev–Trinajstić information content (AvgIpc) is 3.21. The van der Waals surface area contributed by atoms with Gasteiger partial charge in [0.25, 0.3) is 5.69 Å². The number of ether oxygens (including phenoxy) is 1. The summed E-state index contributed by atoms with van der Waals surface area (Å²) in [4.78, 5) is 10.9. The quantitative estimate of drug-likeness (QED) is 0.447. The first kappa shape index (κ1) is 20.5. The predicted molar refractivity (Wildman–Crippen MR) is 112 cm³/mol. The lowest BCUT2D eigenvalue weighted by Crippen LogP contribution is -2.23. The Bertz CT molecular complexity index is 986. The molecule has 0 aliphatic heterocycles. The van der Waals surface area contributed by atoms with Crippen molar-refractivity contribution in [1.29, 1.82) is 0 Å². The number of aromatic nitrogens is 2. The molecule has 0 bridgehead atoms. The summed E-state index contributed by atoms with van der Waals surface area (Å²) >= 11 is 0. The van der Waals surface area contributed by atoms with Gasteiger partial charge in [-0.2, -0.15) is 5.10 Å². The second-order valence-electron chi connectivity index (χ2n) is 7.19. The third-order valence-electron chi connectivity index (χ3n) is 5.13. The molecule has 0 saturated heterocycles. The molecule has 152 valence electrons. The normalized spacial score (nSPS) is 13.1. The van der Waals surface area contributed by atoms with Crippen molar-refractivity contribution in [2.24, 2.45) is 0 Å². The highest BCUT2D eigenvalue weighted by Gasteiger charge is 2.17. The van der Waals surface area contributed by atoms with E-state index in [9.17, 15) is 10.1 Å². The molecule has 1 aromatic heterocycles. The van der Waals surface area contributed by atoms with Crippen molar-refractivity contribution >= 4 is 5.69 Å². The van der Waals surface area contributed by atoms with Gasteiger partial charge in [-0.25, -0.2) is 0 Å². The molecule has 0 aliphatic rings. The highest BCUT2D eigenvalue weighted by atomic mass is 16.6. The van der Waals surface area contributed by atoms with Crippen LogP contribution in [0.3, 0.4) is 0 Å². The molecule has 1 heterocycles. The SMILES string of the molecule is COc1ccc([C@@H](C)N[C@@H](C)c2ccc(C)c([N+](=O)[O-])c2)cc1Cn1cccn1. The Morgan fingerprint density at radius 3 is 2.48 bits per heavy atom. The number of nitrogens with one attached hydrogen (secondary N) is 1. The zero-order chi connectivity index (χ0) is 21.0. The molecule has 0 radical (unpaired) electrons. The van der Waals surface area contributed by atoms with Gasteiger partial charge in [0.1, 0.15) is 5.75 Å². The van der Waals surface area contributed by atoms with Gasteiger partial charge in [-0.05, 0) is 50.1 Å². The van der Waals surface area contributed by atoms with Crippen LogP contribution < -0.4 is 10.1 Å². The maximum Gasteiger partial charge on any atom is 0.272 e. The van der Waals surface area contributed by atoms with Crippen LogP contribution in [0.5, 0.6) is 5.75 Å². The number of aryl methyl sites for hydroxylation is 1. The van der Waals surface area contributed by atoms with Crippen LogP contribution in [0, 0.1) is 17.0 Å². The van der Waals surface area contributed by atoms with Gasteiger partial charge in [-0.15, -0.1) is 0 Å². The van der Waals surface area contributed by atoms with E-state index in [0.29, 0.717) is 12.1 Å². The minimum absolute atomic E-state index is 0.0408. The first-order valence-corrected chi connectivity index (χ1v) is 9.54. The topological polar surface area (TPSA) is 82.2 Å². The van der Waals surface area contributed by atoms with Gasteiger partial charge in [0.2, 0.25) is 0 Å². The van der Waals surface area contributed by atoms with Crippen molar-refractivity contribution in [3.05, 3.63) is 87.2 Å². The lowest BCUT2D eigenvalue weighted by molar-refractivity contribution is -0.385. The molecule has 7 nitrogen and oxygen atoms in total. The molecule has 2 aromatic carbocycles. The van der Waals surface area contributed by atoms with Crippen LogP contribution in [-0.4, -0.2) is 21.8 Å². The lowest BCUT2D eigenvalue weighted by Gasteiger charge is -2.22. The molecule has 0 amide bonds. The minimum atomic E-state index is -0.333. The van der Waals surface area contributed by atoms with E-state index >= 15 is 0 Å². The Labute approximate surface area is 170 Å². The van der Waals surface area contributed by atoms with Crippen LogP contribution in [0.2, 0.25) is 0 Å². The van der Waals surface area contributed by atoms with Crippen LogP contribution in [0.25, 0.3) is 0 Å². The number of nitro groups is 1. The van der Waals surface area contributed by atoms with E-state index in [4.69, 9.17) is 4.74 Å². The van der Waals surface area contributed by atoms with Crippen LogP contribution in [0.15, 0.2) is 54.9 Å². The van der Waals surface area contributed by atoms with E-state index < -0.39 is 0 Å². The zero-order valence-corrected chi connectivity index (χ0v) is 17.1. The molecule has 3 rings (SSSR count). The molecule has 0 unspecified atom stereocenters. The maximum absolute atomic E-state index is 11.2. The second-order valence-corrected chi connectivity index (χ2v) is 7.19. The van der Waals surface area contributed by atoms with E-state index in [1.165, 1.54) is 0 Å². The summed E-state index contributed by atoms with van der Waals surface area (Å²) in [5.74, 6) is 0.818. The molecule has 3 aromatic rings. The van der Waals surface area contributed by atoms with Gasteiger partial charge in [0.15, 0.2) is 0 Å². The molecule has 29 heavy (non-hydrogen) atoms. The highest BCUT2D eigenvalue weighted by Crippen LogP contribution is 2.28. The monoisotopic (exact) mass is 394 g/mol. The Hall–Kier alpha value is -3.19. The number of hydrogen-bond donors (Lipinski definition) is 1. The fourth-order valence-electron chi connectivity index (χ4n) is 3.42. The highest BCUT2D eigenvalue weighted by molar-refractivity contribution is 5.43. The van der Waals surface area contributed by atoms with Crippen LogP contribution in [-0.2, 0) is 6.54 Å². The van der Waals surface area contributed by atoms with Crippen LogP contribution in [0.4, 0.5) is 5.69 Å². The minimum Gasteiger partial charge on any atom is -0.496 e. The number of hydrogen-bond acceptors (Lipinski definition) is 5. The molecule has 1 N–H and O–H groups in total. The first-order chi connectivity index (χ1) is 13.9. The summed E-state index contributed by atoms with van der Waals surface area (Å²) in [5.41, 5.74) is 3.86.